The molecule has 1 amide bonds. The molecule has 0 aromatic heterocycles. The van der Waals surface area contributed by atoms with Gasteiger partial charge in [0.1, 0.15) is 0 Å². The first-order valence-corrected chi connectivity index (χ1v) is 8.03. The number of carbonyl (C=O) groups excluding carboxylic acids is 1. The van der Waals surface area contributed by atoms with Crippen molar-refractivity contribution in [3.8, 4) is 0 Å². The van der Waals surface area contributed by atoms with Crippen LogP contribution >= 0.6 is 0 Å². The monoisotopic (exact) mass is 305 g/mol. The molecule has 1 unspecified atom stereocenters. The second kappa shape index (κ2) is 7.25. The molecular weight excluding hydrogens is 278 g/mol. The summed E-state index contributed by atoms with van der Waals surface area (Å²) < 4.78 is 11.1. The maximum atomic E-state index is 12.6. The van der Waals surface area contributed by atoms with Gasteiger partial charge in [-0.3, -0.25) is 4.79 Å². The number of carbonyl (C=O) groups is 1. The van der Waals surface area contributed by atoms with Gasteiger partial charge in [-0.1, -0.05) is 43.7 Å². The van der Waals surface area contributed by atoms with Crippen LogP contribution in [-0.4, -0.2) is 31.5 Å². The first-order chi connectivity index (χ1) is 10.4. The molecule has 22 heavy (non-hydrogen) atoms. The fourth-order valence-corrected chi connectivity index (χ4v) is 2.84. The second-order valence-corrected chi connectivity index (χ2v) is 6.50. The zero-order valence-electron chi connectivity index (χ0n) is 14.0. The SMILES string of the molecule is Cc1ccc(C(C(=O)NCCC2(C)OCCO2)C(C)C)cc1. The largest absolute Gasteiger partial charge is 0.355 e. The third kappa shape index (κ3) is 4.31. The molecule has 4 heteroatoms. The van der Waals surface area contributed by atoms with Crippen molar-refractivity contribution >= 4 is 5.91 Å². The molecule has 1 aromatic rings. The average molecular weight is 305 g/mol. The maximum Gasteiger partial charge on any atom is 0.227 e. The van der Waals surface area contributed by atoms with E-state index in [0.717, 1.165) is 5.56 Å². The van der Waals surface area contributed by atoms with Gasteiger partial charge < -0.3 is 14.8 Å². The highest BCUT2D eigenvalue weighted by atomic mass is 16.7. The Hall–Kier alpha value is -1.39. The minimum Gasteiger partial charge on any atom is -0.355 e. The van der Waals surface area contributed by atoms with Crippen LogP contribution in [0.4, 0.5) is 0 Å². The fourth-order valence-electron chi connectivity index (χ4n) is 2.84. The van der Waals surface area contributed by atoms with Gasteiger partial charge in [-0.15, -0.1) is 0 Å². The van der Waals surface area contributed by atoms with E-state index in [1.807, 2.05) is 19.1 Å². The van der Waals surface area contributed by atoms with Gasteiger partial charge in [0.25, 0.3) is 0 Å². The molecule has 1 atom stereocenters. The van der Waals surface area contributed by atoms with Crippen LogP contribution < -0.4 is 5.32 Å². The Morgan fingerprint density at radius 2 is 1.82 bits per heavy atom. The van der Waals surface area contributed by atoms with Gasteiger partial charge in [-0.05, 0) is 25.3 Å². The number of hydrogen-bond donors (Lipinski definition) is 1. The third-order valence-electron chi connectivity index (χ3n) is 4.16. The number of benzene rings is 1. The highest BCUT2D eigenvalue weighted by molar-refractivity contribution is 5.83. The first-order valence-electron chi connectivity index (χ1n) is 8.03. The molecule has 0 radical (unpaired) electrons. The predicted octanol–water partition coefficient (Wildman–Crippen LogP) is 3.00. The van der Waals surface area contributed by atoms with Gasteiger partial charge >= 0.3 is 0 Å². The highest BCUT2D eigenvalue weighted by Gasteiger charge is 2.31. The van der Waals surface area contributed by atoms with Crippen molar-refractivity contribution in [3.05, 3.63) is 35.4 Å². The van der Waals surface area contributed by atoms with Gasteiger partial charge in [0.15, 0.2) is 5.79 Å². The summed E-state index contributed by atoms with van der Waals surface area (Å²) in [7, 11) is 0. The van der Waals surface area contributed by atoms with Crippen LogP contribution in [0.2, 0.25) is 0 Å². The molecule has 122 valence electrons. The van der Waals surface area contributed by atoms with Crippen molar-refractivity contribution in [2.75, 3.05) is 19.8 Å². The Morgan fingerprint density at radius 3 is 2.36 bits per heavy atom. The molecule has 1 N–H and O–H groups in total. The van der Waals surface area contributed by atoms with E-state index in [1.165, 1.54) is 5.56 Å². The van der Waals surface area contributed by atoms with Crippen molar-refractivity contribution in [1.29, 1.82) is 0 Å². The van der Waals surface area contributed by atoms with Gasteiger partial charge in [0.05, 0.1) is 19.1 Å². The standard InChI is InChI=1S/C18H27NO3/c1-13(2)16(15-7-5-14(3)6-8-15)17(20)19-10-9-18(4)21-11-12-22-18/h5-8,13,16H,9-12H2,1-4H3,(H,19,20). The molecule has 1 aromatic carbocycles. The van der Waals surface area contributed by atoms with E-state index in [0.29, 0.717) is 26.2 Å². The molecule has 1 heterocycles. The lowest BCUT2D eigenvalue weighted by Gasteiger charge is -2.24. The minimum atomic E-state index is -0.551. The molecule has 2 rings (SSSR count). The van der Waals surface area contributed by atoms with Gasteiger partial charge in [0, 0.05) is 13.0 Å². The molecule has 0 spiro atoms. The lowest BCUT2D eigenvalue weighted by molar-refractivity contribution is -0.146. The lowest BCUT2D eigenvalue weighted by atomic mass is 9.87. The Kier molecular flexibility index (Phi) is 5.59. The Balaban J connectivity index is 1.93. The zero-order chi connectivity index (χ0) is 16.2. The van der Waals surface area contributed by atoms with E-state index in [9.17, 15) is 4.79 Å². The number of hydrogen-bond acceptors (Lipinski definition) is 3. The summed E-state index contributed by atoms with van der Waals surface area (Å²) in [5, 5.41) is 3.03. The van der Waals surface area contributed by atoms with Crippen molar-refractivity contribution in [2.45, 2.75) is 45.8 Å². The summed E-state index contributed by atoms with van der Waals surface area (Å²) in [6.45, 7) is 9.95. The smallest absolute Gasteiger partial charge is 0.227 e. The second-order valence-electron chi connectivity index (χ2n) is 6.50. The molecule has 1 aliphatic rings. The molecular formula is C18H27NO3. The summed E-state index contributed by atoms with van der Waals surface area (Å²) in [4.78, 5) is 12.6. The van der Waals surface area contributed by atoms with Crippen LogP contribution in [-0.2, 0) is 14.3 Å². The Bertz CT molecular complexity index is 490. The topological polar surface area (TPSA) is 47.6 Å². The fraction of sp³-hybridized carbons (Fsp3) is 0.611. The van der Waals surface area contributed by atoms with Crippen LogP contribution in [0.1, 0.15) is 44.2 Å². The number of aryl methyl sites for hydroxylation is 1. The summed E-state index contributed by atoms with van der Waals surface area (Å²) in [6, 6.07) is 8.20. The third-order valence-corrected chi connectivity index (χ3v) is 4.16. The quantitative estimate of drug-likeness (QED) is 0.879. The normalized spacial score (nSPS) is 18.4. The molecule has 0 aliphatic carbocycles. The Labute approximate surface area is 133 Å². The van der Waals surface area contributed by atoms with E-state index in [2.05, 4.69) is 38.2 Å². The van der Waals surface area contributed by atoms with Crippen molar-refractivity contribution in [3.63, 3.8) is 0 Å². The molecule has 1 fully saturated rings. The van der Waals surface area contributed by atoms with Crippen LogP contribution in [0.3, 0.4) is 0 Å². The number of rotatable bonds is 6. The summed E-state index contributed by atoms with van der Waals surface area (Å²) >= 11 is 0. The Morgan fingerprint density at radius 1 is 1.23 bits per heavy atom. The van der Waals surface area contributed by atoms with E-state index in [1.54, 1.807) is 0 Å². The van der Waals surface area contributed by atoms with Crippen molar-refractivity contribution in [2.24, 2.45) is 5.92 Å². The molecule has 1 saturated heterocycles. The zero-order valence-corrected chi connectivity index (χ0v) is 14.0. The van der Waals surface area contributed by atoms with Crippen molar-refractivity contribution in [1.82, 2.24) is 5.32 Å². The first kappa shape index (κ1) is 17.0. The van der Waals surface area contributed by atoms with Crippen LogP contribution in [0.15, 0.2) is 24.3 Å². The van der Waals surface area contributed by atoms with Crippen molar-refractivity contribution < 1.29 is 14.3 Å². The van der Waals surface area contributed by atoms with E-state index in [4.69, 9.17) is 9.47 Å². The van der Waals surface area contributed by atoms with Crippen LogP contribution in [0.5, 0.6) is 0 Å². The summed E-state index contributed by atoms with van der Waals surface area (Å²) in [6.07, 6.45) is 0.664. The molecule has 0 bridgehead atoms. The summed E-state index contributed by atoms with van der Waals surface area (Å²) in [5.41, 5.74) is 2.27. The lowest BCUT2D eigenvalue weighted by Crippen LogP contribution is -2.37. The molecule has 1 aliphatic heterocycles. The van der Waals surface area contributed by atoms with Crippen LogP contribution in [0.25, 0.3) is 0 Å². The minimum absolute atomic E-state index is 0.0699. The highest BCUT2D eigenvalue weighted by Crippen LogP contribution is 2.26. The number of ether oxygens (including phenoxy) is 2. The average Bonchev–Trinajstić information content (AvgIpc) is 2.88. The van der Waals surface area contributed by atoms with E-state index >= 15 is 0 Å². The number of amides is 1. The maximum absolute atomic E-state index is 12.6. The van der Waals surface area contributed by atoms with Gasteiger partial charge in [-0.2, -0.15) is 0 Å². The number of nitrogens with one attached hydrogen (secondary N) is 1. The van der Waals surface area contributed by atoms with E-state index < -0.39 is 5.79 Å². The van der Waals surface area contributed by atoms with Gasteiger partial charge in [-0.25, -0.2) is 0 Å². The molecule has 4 nitrogen and oxygen atoms in total. The van der Waals surface area contributed by atoms with Crippen LogP contribution in [0, 0.1) is 12.8 Å². The predicted molar refractivity (Wildman–Crippen MR) is 86.7 cm³/mol. The molecule has 0 saturated carbocycles. The van der Waals surface area contributed by atoms with E-state index in [-0.39, 0.29) is 17.7 Å². The van der Waals surface area contributed by atoms with Gasteiger partial charge in [0.2, 0.25) is 5.91 Å². The summed E-state index contributed by atoms with van der Waals surface area (Å²) in [5.74, 6) is -0.360.